The summed E-state index contributed by atoms with van der Waals surface area (Å²) in [4.78, 5) is 22.7. The van der Waals surface area contributed by atoms with Crippen LogP contribution in [0.15, 0.2) is 30.7 Å². The summed E-state index contributed by atoms with van der Waals surface area (Å²) < 4.78 is 7.22. The number of aryl methyl sites for hydroxylation is 1. The van der Waals surface area contributed by atoms with Crippen LogP contribution in [0.3, 0.4) is 0 Å². The molecule has 2 aromatic heterocycles. The summed E-state index contributed by atoms with van der Waals surface area (Å²) in [6, 6.07) is 3.66. The van der Waals surface area contributed by atoms with Crippen molar-refractivity contribution in [3.05, 3.63) is 42.1 Å². The number of hydrogen-bond donors (Lipinski definition) is 1. The Morgan fingerprint density at radius 1 is 1.43 bits per heavy atom. The number of aromatic nitrogens is 3. The van der Waals surface area contributed by atoms with E-state index in [0.717, 1.165) is 24.4 Å². The maximum Gasteiger partial charge on any atom is 0.317 e. The molecule has 1 aliphatic rings. The van der Waals surface area contributed by atoms with Gasteiger partial charge in [0.05, 0.1) is 7.11 Å². The molecule has 122 valence electrons. The molecule has 23 heavy (non-hydrogen) atoms. The summed E-state index contributed by atoms with van der Waals surface area (Å²) in [5.74, 6) is 1.88. The zero-order valence-electron chi connectivity index (χ0n) is 13.4. The number of nitrogens with zero attached hydrogens (tertiary/aromatic N) is 4. The zero-order chi connectivity index (χ0) is 16.2. The highest BCUT2D eigenvalue weighted by Crippen LogP contribution is 2.25. The van der Waals surface area contributed by atoms with Crippen molar-refractivity contribution >= 4 is 6.03 Å². The van der Waals surface area contributed by atoms with Gasteiger partial charge in [-0.2, -0.15) is 0 Å². The average molecular weight is 315 g/mol. The highest BCUT2D eigenvalue weighted by Gasteiger charge is 2.29. The number of nitrogens with one attached hydrogen (secondary N) is 1. The molecular formula is C16H21N5O2. The molecule has 1 fully saturated rings. The predicted molar refractivity (Wildman–Crippen MR) is 85.2 cm³/mol. The van der Waals surface area contributed by atoms with Gasteiger partial charge in [-0.05, 0) is 12.5 Å². The Morgan fingerprint density at radius 3 is 3.04 bits per heavy atom. The number of methoxy groups -OCH3 is 1. The number of pyridine rings is 1. The lowest BCUT2D eigenvalue weighted by atomic mass is 10.1. The molecule has 0 radical (unpaired) electrons. The van der Waals surface area contributed by atoms with Gasteiger partial charge in [0.25, 0.3) is 0 Å². The first kappa shape index (κ1) is 15.3. The van der Waals surface area contributed by atoms with Crippen LogP contribution in [0.5, 0.6) is 5.88 Å². The maximum atomic E-state index is 12.3. The second kappa shape index (κ2) is 6.68. The molecule has 1 N–H and O–H groups in total. The molecule has 0 aliphatic carbocycles. The van der Waals surface area contributed by atoms with Crippen LogP contribution in [0.1, 0.15) is 23.7 Å². The molecule has 1 aliphatic heterocycles. The Hall–Kier alpha value is -2.57. The quantitative estimate of drug-likeness (QED) is 0.928. The lowest BCUT2D eigenvalue weighted by molar-refractivity contribution is 0.207. The van der Waals surface area contributed by atoms with Crippen LogP contribution in [0.2, 0.25) is 0 Å². The molecule has 0 saturated carbocycles. The van der Waals surface area contributed by atoms with Gasteiger partial charge < -0.3 is 19.5 Å². The lowest BCUT2D eigenvalue weighted by Crippen LogP contribution is -2.38. The number of carbonyl (C=O) groups is 1. The summed E-state index contributed by atoms with van der Waals surface area (Å²) in [6.07, 6.45) is 6.34. The van der Waals surface area contributed by atoms with Gasteiger partial charge in [0.2, 0.25) is 5.88 Å². The molecule has 1 atom stereocenters. The minimum Gasteiger partial charge on any atom is -0.481 e. The van der Waals surface area contributed by atoms with Gasteiger partial charge in [-0.3, -0.25) is 0 Å². The topological polar surface area (TPSA) is 72.3 Å². The van der Waals surface area contributed by atoms with E-state index in [1.54, 1.807) is 19.5 Å². The predicted octanol–water partition coefficient (Wildman–Crippen LogP) is 1.52. The number of amides is 2. The molecular weight excluding hydrogens is 294 g/mol. The van der Waals surface area contributed by atoms with E-state index in [0.29, 0.717) is 24.9 Å². The number of likely N-dealkylation sites (tertiary alicyclic amines) is 1. The van der Waals surface area contributed by atoms with E-state index in [4.69, 9.17) is 4.74 Å². The molecule has 7 heteroatoms. The monoisotopic (exact) mass is 315 g/mol. The third kappa shape index (κ3) is 3.28. The smallest absolute Gasteiger partial charge is 0.317 e. The van der Waals surface area contributed by atoms with Crippen molar-refractivity contribution in [1.29, 1.82) is 0 Å². The molecule has 2 aromatic rings. The Morgan fingerprint density at radius 2 is 2.30 bits per heavy atom. The normalized spacial score (nSPS) is 17.3. The Kier molecular flexibility index (Phi) is 4.45. The number of carbonyl (C=O) groups excluding carboxylic acids is 1. The number of ether oxygens (including phenoxy) is 1. The average Bonchev–Trinajstić information content (AvgIpc) is 3.21. The van der Waals surface area contributed by atoms with Crippen molar-refractivity contribution in [3.63, 3.8) is 0 Å². The van der Waals surface area contributed by atoms with E-state index in [1.165, 1.54) is 0 Å². The molecule has 3 rings (SSSR count). The van der Waals surface area contributed by atoms with Gasteiger partial charge in [0, 0.05) is 56.8 Å². The molecule has 0 aromatic carbocycles. The van der Waals surface area contributed by atoms with Crippen LogP contribution in [0, 0.1) is 0 Å². The van der Waals surface area contributed by atoms with Gasteiger partial charge >= 0.3 is 6.03 Å². The third-order valence-electron chi connectivity index (χ3n) is 4.17. The van der Waals surface area contributed by atoms with Gasteiger partial charge in [0.15, 0.2) is 0 Å². The van der Waals surface area contributed by atoms with E-state index in [2.05, 4.69) is 15.3 Å². The minimum absolute atomic E-state index is 0.0624. The zero-order valence-corrected chi connectivity index (χ0v) is 13.4. The van der Waals surface area contributed by atoms with Crippen LogP contribution in [0.4, 0.5) is 4.79 Å². The summed E-state index contributed by atoms with van der Waals surface area (Å²) in [5.41, 5.74) is 0.864. The Bertz CT molecular complexity index is 685. The Balaban J connectivity index is 1.56. The van der Waals surface area contributed by atoms with Crippen LogP contribution in [-0.2, 0) is 13.6 Å². The van der Waals surface area contributed by atoms with Gasteiger partial charge in [-0.1, -0.05) is 6.07 Å². The molecule has 1 unspecified atom stereocenters. The van der Waals surface area contributed by atoms with Crippen molar-refractivity contribution in [2.24, 2.45) is 7.05 Å². The van der Waals surface area contributed by atoms with Crippen molar-refractivity contribution < 1.29 is 9.53 Å². The third-order valence-corrected chi connectivity index (χ3v) is 4.17. The van der Waals surface area contributed by atoms with E-state index < -0.39 is 0 Å². The molecule has 7 nitrogen and oxygen atoms in total. The summed E-state index contributed by atoms with van der Waals surface area (Å²) in [7, 11) is 3.56. The summed E-state index contributed by atoms with van der Waals surface area (Å²) in [5, 5.41) is 2.94. The van der Waals surface area contributed by atoms with E-state index in [9.17, 15) is 4.79 Å². The van der Waals surface area contributed by atoms with Gasteiger partial charge in [0.1, 0.15) is 5.82 Å². The van der Waals surface area contributed by atoms with E-state index >= 15 is 0 Å². The summed E-state index contributed by atoms with van der Waals surface area (Å²) in [6.45, 7) is 1.84. The first-order valence-corrected chi connectivity index (χ1v) is 7.67. The van der Waals surface area contributed by atoms with Crippen molar-refractivity contribution in [2.45, 2.75) is 18.9 Å². The van der Waals surface area contributed by atoms with E-state index in [1.807, 2.05) is 34.8 Å². The van der Waals surface area contributed by atoms with Crippen molar-refractivity contribution in [1.82, 2.24) is 24.8 Å². The lowest BCUT2D eigenvalue weighted by Gasteiger charge is -2.18. The SMILES string of the molecule is COc1ncccc1CNC(=O)N1CCC(c2nccn2C)C1. The molecule has 0 bridgehead atoms. The number of imidazole rings is 1. The molecule has 1 saturated heterocycles. The number of hydrogen-bond acceptors (Lipinski definition) is 4. The molecule has 0 spiro atoms. The highest BCUT2D eigenvalue weighted by atomic mass is 16.5. The standard InChI is InChI=1S/C16H21N5O2/c1-20-9-7-17-14(20)13-5-8-21(11-13)16(22)19-10-12-4-3-6-18-15(12)23-2/h3-4,6-7,9,13H,5,8,10-11H2,1-2H3,(H,19,22). The maximum absolute atomic E-state index is 12.3. The fourth-order valence-electron chi connectivity index (χ4n) is 2.95. The van der Waals surface area contributed by atoms with E-state index in [-0.39, 0.29) is 6.03 Å². The second-order valence-corrected chi connectivity index (χ2v) is 5.66. The largest absolute Gasteiger partial charge is 0.481 e. The van der Waals surface area contributed by atoms with Crippen LogP contribution < -0.4 is 10.1 Å². The van der Waals surface area contributed by atoms with Gasteiger partial charge in [-0.25, -0.2) is 14.8 Å². The fraction of sp³-hybridized carbons (Fsp3) is 0.438. The summed E-state index contributed by atoms with van der Waals surface area (Å²) >= 11 is 0. The molecule has 3 heterocycles. The van der Waals surface area contributed by atoms with Crippen LogP contribution in [0.25, 0.3) is 0 Å². The van der Waals surface area contributed by atoms with Crippen molar-refractivity contribution in [3.8, 4) is 5.88 Å². The first-order chi connectivity index (χ1) is 11.2. The second-order valence-electron chi connectivity index (χ2n) is 5.66. The minimum atomic E-state index is -0.0624. The molecule has 2 amide bonds. The Labute approximate surface area is 135 Å². The van der Waals surface area contributed by atoms with Crippen LogP contribution >= 0.6 is 0 Å². The van der Waals surface area contributed by atoms with Crippen molar-refractivity contribution in [2.75, 3.05) is 20.2 Å². The first-order valence-electron chi connectivity index (χ1n) is 7.67. The van der Waals surface area contributed by atoms with Crippen LogP contribution in [-0.4, -0.2) is 45.7 Å². The van der Waals surface area contributed by atoms with Gasteiger partial charge in [-0.15, -0.1) is 0 Å². The number of rotatable bonds is 4. The highest BCUT2D eigenvalue weighted by molar-refractivity contribution is 5.74. The fourth-order valence-corrected chi connectivity index (χ4v) is 2.95. The number of urea groups is 1.